The Morgan fingerprint density at radius 1 is 1.50 bits per heavy atom. The molecule has 0 N–H and O–H groups in total. The van der Waals surface area contributed by atoms with Crippen molar-refractivity contribution in [3.8, 4) is 6.07 Å². The number of hydrogen-bond donors (Lipinski definition) is 0. The van der Waals surface area contributed by atoms with Crippen LogP contribution in [0.1, 0.15) is 36.8 Å². The van der Waals surface area contributed by atoms with Gasteiger partial charge in [-0.15, -0.1) is 0 Å². The molecule has 1 aliphatic carbocycles. The van der Waals surface area contributed by atoms with E-state index in [0.29, 0.717) is 5.56 Å². The first kappa shape index (κ1) is 12.5. The third-order valence-electron chi connectivity index (χ3n) is 3.60. The van der Waals surface area contributed by atoms with Crippen LogP contribution in [0.3, 0.4) is 0 Å². The summed E-state index contributed by atoms with van der Waals surface area (Å²) in [7, 11) is 1.74. The highest BCUT2D eigenvalue weighted by molar-refractivity contribution is 6.16. The molecule has 0 spiro atoms. The fraction of sp³-hybridized carbons (Fsp3) is 0.400. The Morgan fingerprint density at radius 3 is 2.89 bits per heavy atom. The predicted molar refractivity (Wildman–Crippen MR) is 70.7 cm³/mol. The number of benzene rings is 1. The molecule has 0 radical (unpaired) electrons. The van der Waals surface area contributed by atoms with Crippen LogP contribution in [0.5, 0.6) is 0 Å². The van der Waals surface area contributed by atoms with Gasteiger partial charge in [0.1, 0.15) is 5.78 Å². The van der Waals surface area contributed by atoms with E-state index >= 15 is 0 Å². The SMILES string of the molecule is CCC1CC(=NC)C(c2cccc(C#N)c2)C1=O. The third kappa shape index (κ3) is 2.06. The van der Waals surface area contributed by atoms with Crippen LogP contribution >= 0.6 is 0 Å². The van der Waals surface area contributed by atoms with Gasteiger partial charge in [-0.3, -0.25) is 9.79 Å². The number of nitrogens with zero attached hydrogens (tertiary/aromatic N) is 2. The summed E-state index contributed by atoms with van der Waals surface area (Å²) in [5, 5.41) is 8.93. The molecule has 2 atom stereocenters. The summed E-state index contributed by atoms with van der Waals surface area (Å²) in [6, 6.07) is 9.40. The Hall–Kier alpha value is -1.95. The van der Waals surface area contributed by atoms with Crippen LogP contribution in [-0.4, -0.2) is 18.5 Å². The van der Waals surface area contributed by atoms with Crippen molar-refractivity contribution in [3.63, 3.8) is 0 Å². The van der Waals surface area contributed by atoms with E-state index in [1.807, 2.05) is 19.1 Å². The number of rotatable bonds is 2. The highest BCUT2D eigenvalue weighted by atomic mass is 16.1. The average molecular weight is 240 g/mol. The van der Waals surface area contributed by atoms with Crippen LogP contribution in [0.25, 0.3) is 0 Å². The highest BCUT2D eigenvalue weighted by Crippen LogP contribution is 2.34. The molecule has 1 saturated carbocycles. The van der Waals surface area contributed by atoms with Crippen molar-refractivity contribution >= 4 is 11.5 Å². The van der Waals surface area contributed by atoms with E-state index < -0.39 is 0 Å². The second-order valence-electron chi connectivity index (χ2n) is 4.60. The van der Waals surface area contributed by atoms with Crippen LogP contribution in [0.15, 0.2) is 29.3 Å². The molecule has 1 aromatic carbocycles. The van der Waals surface area contributed by atoms with E-state index in [4.69, 9.17) is 5.26 Å². The molecule has 1 aliphatic rings. The highest BCUT2D eigenvalue weighted by Gasteiger charge is 2.38. The molecule has 0 aliphatic heterocycles. The molecule has 0 saturated heterocycles. The van der Waals surface area contributed by atoms with Gasteiger partial charge in [-0.05, 0) is 30.5 Å². The van der Waals surface area contributed by atoms with Crippen molar-refractivity contribution in [2.45, 2.75) is 25.7 Å². The van der Waals surface area contributed by atoms with Crippen LogP contribution in [0.4, 0.5) is 0 Å². The van der Waals surface area contributed by atoms with E-state index in [1.165, 1.54) is 0 Å². The Morgan fingerprint density at radius 2 is 2.28 bits per heavy atom. The van der Waals surface area contributed by atoms with Crippen molar-refractivity contribution in [1.82, 2.24) is 0 Å². The Bertz CT molecular complexity index is 540. The van der Waals surface area contributed by atoms with E-state index in [-0.39, 0.29) is 17.6 Å². The maximum atomic E-state index is 12.3. The zero-order valence-electron chi connectivity index (χ0n) is 10.7. The first-order valence-corrected chi connectivity index (χ1v) is 6.20. The fourth-order valence-electron chi connectivity index (χ4n) is 2.58. The molecule has 3 nitrogen and oxygen atoms in total. The molecule has 18 heavy (non-hydrogen) atoms. The maximum Gasteiger partial charge on any atom is 0.149 e. The lowest BCUT2D eigenvalue weighted by Crippen LogP contribution is -2.15. The van der Waals surface area contributed by atoms with Gasteiger partial charge in [-0.25, -0.2) is 0 Å². The van der Waals surface area contributed by atoms with Gasteiger partial charge in [0.05, 0.1) is 17.6 Å². The van der Waals surface area contributed by atoms with Crippen molar-refractivity contribution < 1.29 is 4.79 Å². The Labute approximate surface area is 107 Å². The monoisotopic (exact) mass is 240 g/mol. The molecule has 0 heterocycles. The van der Waals surface area contributed by atoms with Crippen molar-refractivity contribution in [2.75, 3.05) is 7.05 Å². The lowest BCUT2D eigenvalue weighted by molar-refractivity contribution is -0.121. The number of aliphatic imine (C=N–C) groups is 1. The van der Waals surface area contributed by atoms with Crippen LogP contribution in [0, 0.1) is 17.2 Å². The van der Waals surface area contributed by atoms with Gasteiger partial charge < -0.3 is 0 Å². The van der Waals surface area contributed by atoms with Crippen molar-refractivity contribution in [2.24, 2.45) is 10.9 Å². The van der Waals surface area contributed by atoms with E-state index in [9.17, 15) is 4.79 Å². The average Bonchev–Trinajstić information content (AvgIpc) is 2.75. The number of hydrogen-bond acceptors (Lipinski definition) is 3. The molecule has 0 aromatic heterocycles. The topological polar surface area (TPSA) is 53.2 Å². The minimum atomic E-state index is -0.242. The maximum absolute atomic E-state index is 12.3. The number of nitriles is 1. The quantitative estimate of drug-likeness (QED) is 0.798. The van der Waals surface area contributed by atoms with Gasteiger partial charge in [0.25, 0.3) is 0 Å². The normalized spacial score (nSPS) is 25.4. The van der Waals surface area contributed by atoms with Gasteiger partial charge in [0.15, 0.2) is 0 Å². The Kier molecular flexibility index (Phi) is 3.57. The number of carbonyl (C=O) groups is 1. The molecule has 92 valence electrons. The molecule has 3 heteroatoms. The summed E-state index contributed by atoms with van der Waals surface area (Å²) < 4.78 is 0. The second-order valence-corrected chi connectivity index (χ2v) is 4.60. The van der Waals surface area contributed by atoms with Gasteiger partial charge in [0, 0.05) is 18.7 Å². The largest absolute Gasteiger partial charge is 0.298 e. The summed E-state index contributed by atoms with van der Waals surface area (Å²) >= 11 is 0. The molecular weight excluding hydrogens is 224 g/mol. The lowest BCUT2D eigenvalue weighted by Gasteiger charge is -2.10. The molecule has 2 unspecified atom stereocenters. The van der Waals surface area contributed by atoms with Gasteiger partial charge >= 0.3 is 0 Å². The number of ketones is 1. The standard InChI is InChI=1S/C15H16N2O/c1-3-11-8-13(17-2)14(15(11)18)12-6-4-5-10(7-12)9-16/h4-7,11,14H,3,8H2,1-2H3. The Balaban J connectivity index is 2.42. The van der Waals surface area contributed by atoms with E-state index in [0.717, 1.165) is 24.1 Å². The first-order chi connectivity index (χ1) is 8.71. The molecule has 0 amide bonds. The van der Waals surface area contributed by atoms with Crippen molar-refractivity contribution in [3.05, 3.63) is 35.4 Å². The summed E-state index contributed by atoms with van der Waals surface area (Å²) in [5.41, 5.74) is 2.44. The number of carbonyl (C=O) groups excluding carboxylic acids is 1. The molecular formula is C15H16N2O. The summed E-state index contributed by atoms with van der Waals surface area (Å²) in [5.74, 6) is 0.0841. The van der Waals surface area contributed by atoms with Gasteiger partial charge in [-0.2, -0.15) is 5.26 Å². The first-order valence-electron chi connectivity index (χ1n) is 6.20. The molecule has 1 aromatic rings. The predicted octanol–water partition coefficient (Wildman–Crippen LogP) is 2.71. The molecule has 1 fully saturated rings. The van der Waals surface area contributed by atoms with Gasteiger partial charge in [0.2, 0.25) is 0 Å². The summed E-state index contributed by atoms with van der Waals surface area (Å²) in [6.07, 6.45) is 1.61. The van der Waals surface area contributed by atoms with Crippen LogP contribution in [-0.2, 0) is 4.79 Å². The number of Topliss-reactive ketones (excluding diaryl/α,β-unsaturated/α-hetero) is 1. The fourth-order valence-corrected chi connectivity index (χ4v) is 2.58. The molecule has 2 rings (SSSR count). The van der Waals surface area contributed by atoms with E-state index in [1.54, 1.807) is 19.2 Å². The summed E-state index contributed by atoms with van der Waals surface area (Å²) in [4.78, 5) is 16.6. The van der Waals surface area contributed by atoms with Gasteiger partial charge in [-0.1, -0.05) is 19.1 Å². The van der Waals surface area contributed by atoms with Crippen molar-refractivity contribution in [1.29, 1.82) is 5.26 Å². The zero-order chi connectivity index (χ0) is 13.1. The minimum absolute atomic E-state index is 0.0828. The smallest absolute Gasteiger partial charge is 0.149 e. The zero-order valence-corrected chi connectivity index (χ0v) is 10.7. The minimum Gasteiger partial charge on any atom is -0.298 e. The van der Waals surface area contributed by atoms with E-state index in [2.05, 4.69) is 11.1 Å². The molecule has 0 bridgehead atoms. The second kappa shape index (κ2) is 5.14. The third-order valence-corrected chi connectivity index (χ3v) is 3.60. The lowest BCUT2D eigenvalue weighted by atomic mass is 9.92. The van der Waals surface area contributed by atoms with Crippen LogP contribution in [0.2, 0.25) is 0 Å². The summed E-state index contributed by atoms with van der Waals surface area (Å²) in [6.45, 7) is 2.03. The van der Waals surface area contributed by atoms with Crippen LogP contribution < -0.4 is 0 Å².